The highest BCUT2D eigenvalue weighted by molar-refractivity contribution is 7.86. The summed E-state index contributed by atoms with van der Waals surface area (Å²) in [4.78, 5) is 13.8. The van der Waals surface area contributed by atoms with Gasteiger partial charge in [-0.3, -0.25) is 0 Å². The van der Waals surface area contributed by atoms with Crippen molar-refractivity contribution >= 4 is 16.3 Å². The van der Waals surface area contributed by atoms with Gasteiger partial charge in [0.1, 0.15) is 5.60 Å². The normalized spacial score (nSPS) is 21.4. The summed E-state index contributed by atoms with van der Waals surface area (Å²) in [5.41, 5.74) is 1.77. The van der Waals surface area contributed by atoms with Crippen molar-refractivity contribution in [3.63, 3.8) is 0 Å². The second-order valence-corrected chi connectivity index (χ2v) is 11.0. The van der Waals surface area contributed by atoms with Gasteiger partial charge in [-0.2, -0.15) is 17.0 Å². The smallest absolute Gasteiger partial charge is 0.410 e. The van der Waals surface area contributed by atoms with E-state index in [9.17, 15) is 13.2 Å². The van der Waals surface area contributed by atoms with Crippen LogP contribution in [0.1, 0.15) is 44.7 Å². The van der Waals surface area contributed by atoms with E-state index in [1.807, 2.05) is 39.0 Å². The molecule has 0 spiro atoms. The van der Waals surface area contributed by atoms with E-state index in [2.05, 4.69) is 6.07 Å². The Balaban J connectivity index is 1.62. The number of fused-ring (bicyclic) bond motifs is 1. The van der Waals surface area contributed by atoms with Crippen molar-refractivity contribution in [2.75, 3.05) is 33.2 Å². The van der Waals surface area contributed by atoms with Crippen LogP contribution < -0.4 is 0 Å². The number of piperidine rings is 1. The second-order valence-electron chi connectivity index (χ2n) is 9.09. The monoisotopic (exact) mass is 423 g/mol. The zero-order chi connectivity index (χ0) is 21.2. The Morgan fingerprint density at radius 1 is 1.17 bits per heavy atom. The van der Waals surface area contributed by atoms with Crippen LogP contribution in [0, 0.1) is 5.92 Å². The largest absolute Gasteiger partial charge is 0.444 e. The molecule has 2 aliphatic heterocycles. The van der Waals surface area contributed by atoms with E-state index >= 15 is 0 Å². The van der Waals surface area contributed by atoms with Crippen molar-refractivity contribution in [1.82, 2.24) is 13.5 Å². The summed E-state index contributed by atoms with van der Waals surface area (Å²) < 4.78 is 35.1. The average molecular weight is 424 g/mol. The van der Waals surface area contributed by atoms with Crippen LogP contribution >= 0.6 is 0 Å². The van der Waals surface area contributed by atoms with Gasteiger partial charge in [0.2, 0.25) is 0 Å². The fourth-order valence-electron chi connectivity index (χ4n) is 4.02. The van der Waals surface area contributed by atoms with E-state index in [-0.39, 0.29) is 12.0 Å². The number of nitrogens with zero attached hydrogens (tertiary/aromatic N) is 3. The molecular formula is C21H33N3O4S. The van der Waals surface area contributed by atoms with E-state index in [0.717, 1.165) is 24.8 Å². The maximum atomic E-state index is 13.2. The van der Waals surface area contributed by atoms with Crippen LogP contribution in [0.15, 0.2) is 24.3 Å². The Kier molecular flexibility index (Phi) is 6.55. The third-order valence-corrected chi connectivity index (χ3v) is 7.42. The number of ether oxygens (including phenoxy) is 1. The van der Waals surface area contributed by atoms with Crippen molar-refractivity contribution in [2.24, 2.45) is 5.92 Å². The number of rotatable bonds is 4. The molecule has 0 aliphatic carbocycles. The summed E-state index contributed by atoms with van der Waals surface area (Å²) >= 11 is 0. The standard InChI is InChI=1S/C21H33N3O4S/c1-21(2,3)28-20(25)22(4)14-17-8-7-12-23(15-17)29(26,27)24-13-11-18-9-5-6-10-19(18)16-24/h5-6,9-10,17H,7-8,11-16H2,1-4H3. The molecule has 1 aromatic carbocycles. The summed E-state index contributed by atoms with van der Waals surface area (Å²) in [6, 6.07) is 8.03. The number of hydrogen-bond donors (Lipinski definition) is 0. The van der Waals surface area contributed by atoms with Gasteiger partial charge < -0.3 is 9.64 Å². The number of hydrogen-bond acceptors (Lipinski definition) is 4. The maximum Gasteiger partial charge on any atom is 0.410 e. The predicted molar refractivity (Wildman–Crippen MR) is 113 cm³/mol. The Hall–Kier alpha value is -1.64. The van der Waals surface area contributed by atoms with Gasteiger partial charge in [0.05, 0.1) is 0 Å². The molecule has 1 amide bonds. The summed E-state index contributed by atoms with van der Waals surface area (Å²) in [5, 5.41) is 0. The zero-order valence-corrected chi connectivity index (χ0v) is 18.7. The highest BCUT2D eigenvalue weighted by atomic mass is 32.2. The molecule has 0 bridgehead atoms. The number of carbonyl (C=O) groups excluding carboxylic acids is 1. The predicted octanol–water partition coefficient (Wildman–Crippen LogP) is 2.87. The topological polar surface area (TPSA) is 70.2 Å². The van der Waals surface area contributed by atoms with Crippen LogP contribution in [-0.4, -0.2) is 66.8 Å². The lowest BCUT2D eigenvalue weighted by molar-refractivity contribution is 0.0257. The van der Waals surface area contributed by atoms with Crippen molar-refractivity contribution in [3.8, 4) is 0 Å². The molecule has 2 aliphatic rings. The molecule has 0 N–H and O–H groups in total. The van der Waals surface area contributed by atoms with Crippen molar-refractivity contribution in [1.29, 1.82) is 0 Å². The second kappa shape index (κ2) is 8.62. The first kappa shape index (κ1) is 22.1. The minimum Gasteiger partial charge on any atom is -0.444 e. The van der Waals surface area contributed by atoms with Crippen LogP contribution in [0.4, 0.5) is 4.79 Å². The number of benzene rings is 1. The Bertz CT molecular complexity index is 835. The van der Waals surface area contributed by atoms with Crippen molar-refractivity contribution in [2.45, 2.75) is 52.2 Å². The van der Waals surface area contributed by atoms with Gasteiger partial charge in [0, 0.05) is 39.8 Å². The third-order valence-electron chi connectivity index (χ3n) is 5.47. The van der Waals surface area contributed by atoms with Gasteiger partial charge >= 0.3 is 6.09 Å². The zero-order valence-electron chi connectivity index (χ0n) is 17.9. The molecule has 0 aromatic heterocycles. The summed E-state index contributed by atoms with van der Waals surface area (Å²) in [6.45, 7) is 7.92. The fraction of sp³-hybridized carbons (Fsp3) is 0.667. The molecule has 8 heteroatoms. The van der Waals surface area contributed by atoms with Gasteiger partial charge in [0.25, 0.3) is 10.2 Å². The van der Waals surface area contributed by atoms with E-state index in [1.54, 1.807) is 20.6 Å². The first-order valence-corrected chi connectivity index (χ1v) is 11.7. The number of amides is 1. The lowest BCUT2D eigenvalue weighted by Crippen LogP contribution is -2.50. The van der Waals surface area contributed by atoms with E-state index in [1.165, 1.54) is 5.56 Å². The van der Waals surface area contributed by atoms with Crippen LogP contribution in [0.3, 0.4) is 0 Å². The van der Waals surface area contributed by atoms with Crippen molar-refractivity contribution < 1.29 is 17.9 Å². The molecular weight excluding hydrogens is 390 g/mol. The molecule has 0 saturated carbocycles. The molecule has 162 valence electrons. The fourth-order valence-corrected chi connectivity index (χ4v) is 5.73. The molecule has 0 radical (unpaired) electrons. The molecule has 1 aromatic rings. The molecule has 3 rings (SSSR count). The third kappa shape index (κ3) is 5.49. The molecule has 2 heterocycles. The number of carbonyl (C=O) groups is 1. The minimum atomic E-state index is -3.51. The van der Waals surface area contributed by atoms with Gasteiger partial charge in [-0.1, -0.05) is 24.3 Å². The van der Waals surface area contributed by atoms with Crippen LogP contribution in [0.5, 0.6) is 0 Å². The summed E-state index contributed by atoms with van der Waals surface area (Å²) in [7, 11) is -1.80. The Morgan fingerprint density at radius 2 is 1.86 bits per heavy atom. The van der Waals surface area contributed by atoms with Gasteiger partial charge in [-0.15, -0.1) is 0 Å². The van der Waals surface area contributed by atoms with Gasteiger partial charge in [-0.05, 0) is 57.1 Å². The van der Waals surface area contributed by atoms with E-state index in [0.29, 0.717) is 32.7 Å². The molecule has 1 atom stereocenters. The van der Waals surface area contributed by atoms with Gasteiger partial charge in [-0.25, -0.2) is 4.79 Å². The van der Waals surface area contributed by atoms with Crippen molar-refractivity contribution in [3.05, 3.63) is 35.4 Å². The Morgan fingerprint density at radius 3 is 2.55 bits per heavy atom. The van der Waals surface area contributed by atoms with E-state index < -0.39 is 15.8 Å². The molecule has 7 nitrogen and oxygen atoms in total. The molecule has 1 saturated heterocycles. The SMILES string of the molecule is CN(CC1CCCN(S(=O)(=O)N2CCc3ccccc3C2)C1)C(=O)OC(C)(C)C. The first-order chi connectivity index (χ1) is 13.6. The lowest BCUT2D eigenvalue weighted by Gasteiger charge is -2.38. The maximum absolute atomic E-state index is 13.2. The summed E-state index contributed by atoms with van der Waals surface area (Å²) in [5.74, 6) is 0.105. The average Bonchev–Trinajstić information content (AvgIpc) is 2.66. The van der Waals surface area contributed by atoms with Gasteiger partial charge in [0.15, 0.2) is 0 Å². The highest BCUT2D eigenvalue weighted by Gasteiger charge is 2.36. The highest BCUT2D eigenvalue weighted by Crippen LogP contribution is 2.26. The van der Waals surface area contributed by atoms with Crippen LogP contribution in [0.2, 0.25) is 0 Å². The first-order valence-electron chi connectivity index (χ1n) is 10.3. The van der Waals surface area contributed by atoms with Crippen LogP contribution in [-0.2, 0) is 27.9 Å². The summed E-state index contributed by atoms with van der Waals surface area (Å²) in [6.07, 6.45) is 2.08. The minimum absolute atomic E-state index is 0.105. The lowest BCUT2D eigenvalue weighted by atomic mass is 9.99. The quantitative estimate of drug-likeness (QED) is 0.747. The molecule has 29 heavy (non-hydrogen) atoms. The molecule has 1 unspecified atom stereocenters. The molecule has 1 fully saturated rings. The Labute approximate surface area is 174 Å². The van der Waals surface area contributed by atoms with Crippen LogP contribution in [0.25, 0.3) is 0 Å². The van der Waals surface area contributed by atoms with E-state index in [4.69, 9.17) is 4.74 Å².